The van der Waals surface area contributed by atoms with E-state index in [1.54, 1.807) is 12.1 Å². The van der Waals surface area contributed by atoms with E-state index in [-0.39, 0.29) is 5.41 Å². The van der Waals surface area contributed by atoms with Crippen LogP contribution in [-0.2, 0) is 0 Å². The lowest BCUT2D eigenvalue weighted by atomic mass is 9.92. The first kappa shape index (κ1) is 11.9. The number of ether oxygens (including phenoxy) is 1. The van der Waals surface area contributed by atoms with E-state index in [1.165, 1.54) is 0 Å². The number of hydrogen-bond acceptors (Lipinski definition) is 2. The molecule has 0 aliphatic carbocycles. The molecule has 0 bridgehead atoms. The Balaban J connectivity index is 2.42. The first-order valence-electron chi connectivity index (χ1n) is 4.83. The molecule has 0 aliphatic heterocycles. The van der Waals surface area contributed by atoms with E-state index in [1.807, 2.05) is 26.0 Å². The maximum absolute atomic E-state index is 8.81. The molecule has 1 aromatic carbocycles. The van der Waals surface area contributed by atoms with Crippen molar-refractivity contribution < 1.29 is 4.74 Å². The van der Waals surface area contributed by atoms with E-state index >= 15 is 0 Å². The average molecular weight is 224 g/mol. The third-order valence-electron chi connectivity index (χ3n) is 2.09. The summed E-state index contributed by atoms with van der Waals surface area (Å²) in [6.07, 6.45) is 0.704. The van der Waals surface area contributed by atoms with Crippen LogP contribution in [0.2, 0.25) is 5.02 Å². The zero-order valence-corrected chi connectivity index (χ0v) is 9.71. The second kappa shape index (κ2) is 5.04. The van der Waals surface area contributed by atoms with Gasteiger partial charge in [0.15, 0.2) is 0 Å². The van der Waals surface area contributed by atoms with E-state index in [9.17, 15) is 0 Å². The Hall–Kier alpha value is -1.20. The summed E-state index contributed by atoms with van der Waals surface area (Å²) >= 11 is 5.81. The van der Waals surface area contributed by atoms with Crippen LogP contribution in [0.5, 0.6) is 5.75 Å². The molecule has 0 spiro atoms. The molecule has 3 heteroatoms. The molecular weight excluding hydrogens is 210 g/mol. The number of nitrogens with zero attached hydrogens (tertiary/aromatic N) is 1. The molecule has 2 nitrogen and oxygen atoms in total. The van der Waals surface area contributed by atoms with Crippen molar-refractivity contribution in [1.82, 2.24) is 0 Å². The van der Waals surface area contributed by atoms with Crippen molar-refractivity contribution in [3.63, 3.8) is 0 Å². The van der Waals surface area contributed by atoms with Gasteiger partial charge in [-0.3, -0.25) is 0 Å². The Morgan fingerprint density at radius 2 is 2.20 bits per heavy atom. The van der Waals surface area contributed by atoms with Crippen molar-refractivity contribution in [2.75, 3.05) is 6.61 Å². The van der Waals surface area contributed by atoms with E-state index in [0.29, 0.717) is 18.1 Å². The molecule has 80 valence electrons. The number of nitriles is 1. The third kappa shape index (κ3) is 4.22. The third-order valence-corrected chi connectivity index (χ3v) is 2.33. The molecule has 0 unspecified atom stereocenters. The van der Waals surface area contributed by atoms with Gasteiger partial charge in [-0.2, -0.15) is 5.26 Å². The number of halogens is 1. The minimum absolute atomic E-state index is 0.335. The van der Waals surface area contributed by atoms with Gasteiger partial charge in [0.05, 0.1) is 18.1 Å². The summed E-state index contributed by atoms with van der Waals surface area (Å²) in [6, 6.07) is 9.49. The number of benzene rings is 1. The summed E-state index contributed by atoms with van der Waals surface area (Å²) in [5.41, 5.74) is -0.335. The summed E-state index contributed by atoms with van der Waals surface area (Å²) in [5.74, 6) is 0.747. The molecule has 1 rings (SSSR count). The fourth-order valence-electron chi connectivity index (χ4n) is 1.04. The van der Waals surface area contributed by atoms with Gasteiger partial charge < -0.3 is 4.74 Å². The summed E-state index contributed by atoms with van der Waals surface area (Å²) < 4.78 is 5.49. The van der Waals surface area contributed by atoms with E-state index in [0.717, 1.165) is 5.75 Å². The molecule has 0 fully saturated rings. The lowest BCUT2D eigenvalue weighted by Crippen LogP contribution is -2.13. The first-order valence-corrected chi connectivity index (χ1v) is 5.21. The van der Waals surface area contributed by atoms with E-state index in [4.69, 9.17) is 21.6 Å². The lowest BCUT2D eigenvalue weighted by Gasteiger charge is -2.15. The van der Waals surface area contributed by atoms with Crippen LogP contribution in [-0.4, -0.2) is 6.61 Å². The van der Waals surface area contributed by atoms with Crippen molar-refractivity contribution in [3.8, 4) is 11.8 Å². The van der Waals surface area contributed by atoms with Gasteiger partial charge in [0, 0.05) is 5.02 Å². The van der Waals surface area contributed by atoms with Gasteiger partial charge in [0.2, 0.25) is 0 Å². The monoisotopic (exact) mass is 223 g/mol. The van der Waals surface area contributed by atoms with Crippen LogP contribution >= 0.6 is 11.6 Å². The fraction of sp³-hybridized carbons (Fsp3) is 0.417. The number of rotatable bonds is 4. The molecule has 15 heavy (non-hydrogen) atoms. The average Bonchev–Trinajstić information content (AvgIpc) is 2.18. The minimum atomic E-state index is -0.335. The summed E-state index contributed by atoms with van der Waals surface area (Å²) in [4.78, 5) is 0. The molecule has 1 aromatic rings. The van der Waals surface area contributed by atoms with Crippen LogP contribution in [0.4, 0.5) is 0 Å². The predicted octanol–water partition coefficient (Wildman–Crippen LogP) is 3.66. The topological polar surface area (TPSA) is 33.0 Å². The Morgan fingerprint density at radius 3 is 2.80 bits per heavy atom. The molecule has 0 amide bonds. The maximum atomic E-state index is 8.81. The molecular formula is C12H14ClNO. The van der Waals surface area contributed by atoms with Gasteiger partial charge in [-0.25, -0.2) is 0 Å². The normalized spacial score (nSPS) is 10.8. The van der Waals surface area contributed by atoms with Crippen molar-refractivity contribution in [2.24, 2.45) is 5.41 Å². The van der Waals surface area contributed by atoms with E-state index in [2.05, 4.69) is 6.07 Å². The SMILES string of the molecule is CC(C)(C#N)CCOc1cccc(Cl)c1. The lowest BCUT2D eigenvalue weighted by molar-refractivity contribution is 0.264. The zero-order chi connectivity index (χ0) is 11.3. The van der Waals surface area contributed by atoms with Crippen LogP contribution in [0.15, 0.2) is 24.3 Å². The first-order chi connectivity index (χ1) is 7.03. The highest BCUT2D eigenvalue weighted by Crippen LogP contribution is 2.21. The van der Waals surface area contributed by atoms with Crippen molar-refractivity contribution >= 4 is 11.6 Å². The smallest absolute Gasteiger partial charge is 0.120 e. The summed E-state index contributed by atoms with van der Waals surface area (Å²) in [6.45, 7) is 4.32. The quantitative estimate of drug-likeness (QED) is 0.781. The molecule has 0 N–H and O–H groups in total. The van der Waals surface area contributed by atoms with Crippen LogP contribution in [0, 0.1) is 16.7 Å². The second-order valence-electron chi connectivity index (χ2n) is 4.05. The Labute approximate surface area is 95.4 Å². The van der Waals surface area contributed by atoms with Gasteiger partial charge >= 0.3 is 0 Å². The van der Waals surface area contributed by atoms with Crippen LogP contribution in [0.3, 0.4) is 0 Å². The van der Waals surface area contributed by atoms with Gasteiger partial charge in [0.1, 0.15) is 5.75 Å². The van der Waals surface area contributed by atoms with Gasteiger partial charge in [-0.05, 0) is 38.5 Å². The van der Waals surface area contributed by atoms with Gasteiger partial charge in [-0.15, -0.1) is 0 Å². The highest BCUT2D eigenvalue weighted by molar-refractivity contribution is 6.30. The highest BCUT2D eigenvalue weighted by atomic mass is 35.5. The largest absolute Gasteiger partial charge is 0.493 e. The summed E-state index contributed by atoms with van der Waals surface area (Å²) in [5, 5.41) is 9.47. The number of hydrogen-bond donors (Lipinski definition) is 0. The molecule has 0 atom stereocenters. The van der Waals surface area contributed by atoms with Crippen LogP contribution in [0.25, 0.3) is 0 Å². The molecule has 0 aromatic heterocycles. The Kier molecular flexibility index (Phi) is 3.99. The Bertz CT molecular complexity index is 368. The maximum Gasteiger partial charge on any atom is 0.120 e. The standard InChI is InChI=1S/C12H14ClNO/c1-12(2,9-14)6-7-15-11-5-3-4-10(13)8-11/h3-5,8H,6-7H2,1-2H3. The molecule has 0 radical (unpaired) electrons. The highest BCUT2D eigenvalue weighted by Gasteiger charge is 2.16. The predicted molar refractivity (Wildman–Crippen MR) is 61.0 cm³/mol. The van der Waals surface area contributed by atoms with Crippen molar-refractivity contribution in [1.29, 1.82) is 5.26 Å². The fourth-order valence-corrected chi connectivity index (χ4v) is 1.22. The molecule has 0 saturated carbocycles. The van der Waals surface area contributed by atoms with Crippen LogP contribution < -0.4 is 4.74 Å². The van der Waals surface area contributed by atoms with E-state index < -0.39 is 0 Å². The minimum Gasteiger partial charge on any atom is -0.493 e. The van der Waals surface area contributed by atoms with Crippen molar-refractivity contribution in [2.45, 2.75) is 20.3 Å². The molecule has 0 heterocycles. The summed E-state index contributed by atoms with van der Waals surface area (Å²) in [7, 11) is 0. The molecule has 0 saturated heterocycles. The van der Waals surface area contributed by atoms with Crippen molar-refractivity contribution in [3.05, 3.63) is 29.3 Å². The van der Waals surface area contributed by atoms with Gasteiger partial charge in [0.25, 0.3) is 0 Å². The Morgan fingerprint density at radius 1 is 1.47 bits per heavy atom. The zero-order valence-electron chi connectivity index (χ0n) is 8.96. The van der Waals surface area contributed by atoms with Gasteiger partial charge in [-0.1, -0.05) is 17.7 Å². The molecule has 0 aliphatic rings. The van der Waals surface area contributed by atoms with Crippen LogP contribution in [0.1, 0.15) is 20.3 Å². The second-order valence-corrected chi connectivity index (χ2v) is 4.49.